The van der Waals surface area contributed by atoms with Gasteiger partial charge in [-0.1, -0.05) is 0 Å². The molecule has 0 fully saturated rings. The van der Waals surface area contributed by atoms with Crippen molar-refractivity contribution in [2.75, 3.05) is 14.2 Å². The van der Waals surface area contributed by atoms with Crippen LogP contribution in [0.15, 0.2) is 29.6 Å². The first-order valence-corrected chi connectivity index (χ1v) is 7.03. The van der Waals surface area contributed by atoms with Gasteiger partial charge in [-0.15, -0.1) is 11.3 Å². The Kier molecular flexibility index (Phi) is 4.39. The fraction of sp³-hybridized carbons (Fsp3) is 0.267. The van der Waals surface area contributed by atoms with Gasteiger partial charge in [0.25, 0.3) is 5.91 Å². The Morgan fingerprint density at radius 3 is 2.70 bits per heavy atom. The van der Waals surface area contributed by atoms with Crippen LogP contribution in [0.4, 0.5) is 4.39 Å². The summed E-state index contributed by atoms with van der Waals surface area (Å²) in [6, 6.07) is 6.26. The Labute approximate surface area is 121 Å². The van der Waals surface area contributed by atoms with E-state index in [1.807, 2.05) is 18.4 Å². The average molecular weight is 293 g/mol. The fourth-order valence-electron chi connectivity index (χ4n) is 1.86. The van der Waals surface area contributed by atoms with Crippen molar-refractivity contribution in [2.45, 2.75) is 13.5 Å². The van der Waals surface area contributed by atoms with Crippen LogP contribution in [0, 0.1) is 12.7 Å². The highest BCUT2D eigenvalue weighted by molar-refractivity contribution is 7.10. The molecule has 0 atom stereocenters. The number of amides is 1. The number of ether oxygens (including phenoxy) is 1. The van der Waals surface area contributed by atoms with Crippen LogP contribution < -0.4 is 4.74 Å². The number of methoxy groups -OCH3 is 1. The lowest BCUT2D eigenvalue weighted by Gasteiger charge is -2.17. The van der Waals surface area contributed by atoms with E-state index in [0.29, 0.717) is 12.3 Å². The highest BCUT2D eigenvalue weighted by Crippen LogP contribution is 2.21. The Bertz CT molecular complexity index is 624. The number of hydrogen-bond acceptors (Lipinski definition) is 3. The molecule has 1 amide bonds. The van der Waals surface area contributed by atoms with Gasteiger partial charge in [-0.25, -0.2) is 4.39 Å². The molecule has 0 unspecified atom stereocenters. The van der Waals surface area contributed by atoms with Crippen molar-refractivity contribution in [3.8, 4) is 5.75 Å². The van der Waals surface area contributed by atoms with E-state index in [0.717, 1.165) is 10.4 Å². The van der Waals surface area contributed by atoms with Gasteiger partial charge in [0.1, 0.15) is 11.6 Å². The maximum Gasteiger partial charge on any atom is 0.256 e. The molecule has 0 N–H and O–H groups in total. The molecule has 0 aliphatic heterocycles. The molecule has 3 nitrogen and oxygen atoms in total. The van der Waals surface area contributed by atoms with Gasteiger partial charge in [0.05, 0.1) is 19.2 Å². The molecule has 0 aliphatic rings. The number of aryl methyl sites for hydroxylation is 1. The fourth-order valence-corrected chi connectivity index (χ4v) is 2.81. The summed E-state index contributed by atoms with van der Waals surface area (Å²) in [7, 11) is 3.13. The molecule has 0 saturated heterocycles. The number of carbonyl (C=O) groups is 1. The zero-order valence-corrected chi connectivity index (χ0v) is 12.5. The minimum atomic E-state index is -0.566. The normalized spacial score (nSPS) is 10.4. The molecular weight excluding hydrogens is 277 g/mol. The molecule has 1 heterocycles. The summed E-state index contributed by atoms with van der Waals surface area (Å²) in [5, 5.41) is 1.98. The molecule has 0 saturated carbocycles. The lowest BCUT2D eigenvalue weighted by atomic mass is 10.1. The summed E-state index contributed by atoms with van der Waals surface area (Å²) < 4.78 is 18.8. The predicted molar refractivity (Wildman–Crippen MR) is 77.8 cm³/mol. The standard InChI is InChI=1S/C15H16FNO2S/c1-10-6-7-20-14(10)9-17(2)15(18)12-5-4-11(19-3)8-13(12)16/h4-8H,9H2,1-3H3. The number of benzene rings is 1. The Morgan fingerprint density at radius 2 is 2.15 bits per heavy atom. The van der Waals surface area contributed by atoms with Crippen LogP contribution in [-0.4, -0.2) is 25.0 Å². The maximum atomic E-state index is 13.9. The van der Waals surface area contributed by atoms with Crippen molar-refractivity contribution in [1.29, 1.82) is 0 Å². The summed E-state index contributed by atoms with van der Waals surface area (Å²) in [5.74, 6) is -0.502. The van der Waals surface area contributed by atoms with Crippen molar-refractivity contribution < 1.29 is 13.9 Å². The topological polar surface area (TPSA) is 29.5 Å². The number of hydrogen-bond donors (Lipinski definition) is 0. The van der Waals surface area contributed by atoms with E-state index in [4.69, 9.17) is 4.74 Å². The van der Waals surface area contributed by atoms with Crippen LogP contribution in [-0.2, 0) is 6.54 Å². The second-order valence-electron chi connectivity index (χ2n) is 4.53. The van der Waals surface area contributed by atoms with Gasteiger partial charge in [-0.2, -0.15) is 0 Å². The minimum absolute atomic E-state index is 0.0579. The Morgan fingerprint density at radius 1 is 1.40 bits per heavy atom. The summed E-state index contributed by atoms with van der Waals surface area (Å²) in [6.45, 7) is 2.48. The maximum absolute atomic E-state index is 13.9. The number of nitrogens with zero attached hydrogens (tertiary/aromatic N) is 1. The Balaban J connectivity index is 2.16. The molecule has 1 aromatic heterocycles. The van der Waals surface area contributed by atoms with Gasteiger partial charge >= 0.3 is 0 Å². The van der Waals surface area contributed by atoms with E-state index in [-0.39, 0.29) is 11.5 Å². The number of thiophene rings is 1. The number of halogens is 1. The zero-order chi connectivity index (χ0) is 14.7. The molecule has 0 spiro atoms. The molecule has 0 radical (unpaired) electrons. The zero-order valence-electron chi connectivity index (χ0n) is 11.6. The van der Waals surface area contributed by atoms with Gasteiger partial charge in [-0.3, -0.25) is 4.79 Å². The lowest BCUT2D eigenvalue weighted by Crippen LogP contribution is -2.26. The molecule has 0 bridgehead atoms. The second kappa shape index (κ2) is 6.05. The van der Waals surface area contributed by atoms with Crippen LogP contribution in [0.3, 0.4) is 0 Å². The third-order valence-corrected chi connectivity index (χ3v) is 4.11. The first kappa shape index (κ1) is 14.5. The van der Waals surface area contributed by atoms with E-state index in [2.05, 4.69) is 0 Å². The smallest absolute Gasteiger partial charge is 0.256 e. The van der Waals surface area contributed by atoms with Gasteiger partial charge < -0.3 is 9.64 Å². The third-order valence-electron chi connectivity index (χ3n) is 3.10. The molecule has 2 rings (SSSR count). The molecule has 5 heteroatoms. The van der Waals surface area contributed by atoms with E-state index < -0.39 is 5.82 Å². The van der Waals surface area contributed by atoms with Gasteiger partial charge in [0.2, 0.25) is 0 Å². The molecule has 2 aromatic rings. The SMILES string of the molecule is COc1ccc(C(=O)N(C)Cc2sccc2C)c(F)c1. The quantitative estimate of drug-likeness (QED) is 0.864. The average Bonchev–Trinajstić information content (AvgIpc) is 2.83. The van der Waals surface area contributed by atoms with Gasteiger partial charge in [0, 0.05) is 18.0 Å². The van der Waals surface area contributed by atoms with Crippen LogP contribution >= 0.6 is 11.3 Å². The van der Waals surface area contributed by atoms with Gasteiger partial charge in [-0.05, 0) is 36.1 Å². The molecular formula is C15H16FNO2S. The summed E-state index contributed by atoms with van der Waals surface area (Å²) in [5.41, 5.74) is 1.20. The van der Waals surface area contributed by atoms with Crippen LogP contribution in [0.1, 0.15) is 20.8 Å². The van der Waals surface area contributed by atoms with Crippen LogP contribution in [0.2, 0.25) is 0 Å². The molecule has 20 heavy (non-hydrogen) atoms. The predicted octanol–water partition coefficient (Wildman–Crippen LogP) is 3.48. The largest absolute Gasteiger partial charge is 0.497 e. The van der Waals surface area contributed by atoms with Crippen molar-refractivity contribution in [2.24, 2.45) is 0 Å². The summed E-state index contributed by atoms with van der Waals surface area (Å²) >= 11 is 1.59. The first-order chi connectivity index (χ1) is 9.52. The van der Waals surface area contributed by atoms with E-state index in [9.17, 15) is 9.18 Å². The molecule has 0 aliphatic carbocycles. The summed E-state index contributed by atoms with van der Waals surface area (Å²) in [4.78, 5) is 14.9. The third kappa shape index (κ3) is 2.99. The number of rotatable bonds is 4. The number of carbonyl (C=O) groups excluding carboxylic acids is 1. The van der Waals surface area contributed by atoms with E-state index >= 15 is 0 Å². The lowest BCUT2D eigenvalue weighted by molar-refractivity contribution is 0.0781. The van der Waals surface area contributed by atoms with Crippen LogP contribution in [0.5, 0.6) is 5.75 Å². The first-order valence-electron chi connectivity index (χ1n) is 6.15. The van der Waals surface area contributed by atoms with Crippen molar-refractivity contribution in [1.82, 2.24) is 4.90 Å². The monoisotopic (exact) mass is 293 g/mol. The van der Waals surface area contributed by atoms with E-state index in [1.165, 1.54) is 24.1 Å². The van der Waals surface area contributed by atoms with Crippen molar-refractivity contribution in [3.63, 3.8) is 0 Å². The molecule has 106 valence electrons. The van der Waals surface area contributed by atoms with Crippen LogP contribution in [0.25, 0.3) is 0 Å². The van der Waals surface area contributed by atoms with Crippen molar-refractivity contribution in [3.05, 3.63) is 51.5 Å². The minimum Gasteiger partial charge on any atom is -0.497 e. The van der Waals surface area contributed by atoms with E-state index in [1.54, 1.807) is 24.5 Å². The molecule has 1 aromatic carbocycles. The second-order valence-corrected chi connectivity index (χ2v) is 5.53. The highest BCUT2D eigenvalue weighted by atomic mass is 32.1. The Hall–Kier alpha value is -1.88. The summed E-state index contributed by atoms with van der Waals surface area (Å²) in [6.07, 6.45) is 0. The highest BCUT2D eigenvalue weighted by Gasteiger charge is 2.17. The van der Waals surface area contributed by atoms with Gasteiger partial charge in [0.15, 0.2) is 0 Å². The van der Waals surface area contributed by atoms with Crippen molar-refractivity contribution >= 4 is 17.2 Å².